The number of carbonyl (C=O) groups is 2. The second-order valence-electron chi connectivity index (χ2n) is 7.82. The normalized spacial score (nSPS) is 13.0. The third-order valence-corrected chi connectivity index (χ3v) is 7.44. The van der Waals surface area contributed by atoms with Gasteiger partial charge in [0.1, 0.15) is 15.0 Å². The van der Waals surface area contributed by atoms with Crippen LogP contribution >= 0.6 is 0 Å². The van der Waals surface area contributed by atoms with Crippen LogP contribution in [0.15, 0.2) is 52.3 Å². The molecule has 0 fully saturated rings. The first-order valence-electron chi connectivity index (χ1n) is 9.94. The Bertz CT molecular complexity index is 1670. The number of nitrogens with two attached hydrogens (primary N) is 2. The molecule has 6 N–H and O–H groups in total. The number of nitrogen functional groups attached to an aromatic ring is 1. The van der Waals surface area contributed by atoms with Gasteiger partial charge in [0.2, 0.25) is 0 Å². The number of rotatable bonds is 5. The number of benzene rings is 3. The Morgan fingerprint density at radius 1 is 0.917 bits per heavy atom. The Kier molecular flexibility index (Phi) is 7.52. The van der Waals surface area contributed by atoms with Gasteiger partial charge >= 0.3 is 29.6 Å². The minimum absolute atomic E-state index is 0. The number of ketones is 2. The molecule has 0 aliphatic heterocycles. The summed E-state index contributed by atoms with van der Waals surface area (Å²) in [5.74, 6) is -1.50. The van der Waals surface area contributed by atoms with Gasteiger partial charge in [0, 0.05) is 17.7 Å². The van der Waals surface area contributed by atoms with Crippen molar-refractivity contribution in [3.63, 3.8) is 0 Å². The van der Waals surface area contributed by atoms with E-state index in [4.69, 9.17) is 11.5 Å². The molecule has 0 saturated heterocycles. The predicted octanol–water partition coefficient (Wildman–Crippen LogP) is -1.29. The molecule has 0 saturated carbocycles. The molecule has 1 aliphatic rings. The van der Waals surface area contributed by atoms with Crippen LogP contribution in [0.2, 0.25) is 0 Å². The Hall–Kier alpha value is -2.62. The monoisotopic (exact) mass is 539 g/mol. The third kappa shape index (κ3) is 4.71. The fourth-order valence-corrected chi connectivity index (χ4v) is 5.35. The van der Waals surface area contributed by atoms with Crippen LogP contribution in [0.25, 0.3) is 0 Å². The number of nitrogens with one attached hydrogen (secondary N) is 1. The number of hydrogen-bond acceptors (Lipinski definition) is 10. The van der Waals surface area contributed by atoms with Gasteiger partial charge in [-0.2, -0.15) is 8.42 Å². The fourth-order valence-electron chi connectivity index (χ4n) is 4.00. The van der Waals surface area contributed by atoms with E-state index in [1.807, 2.05) is 0 Å². The smallest absolute Gasteiger partial charge is 0.744 e. The first-order valence-corrected chi connectivity index (χ1v) is 12.8. The van der Waals surface area contributed by atoms with Crippen molar-refractivity contribution >= 4 is 48.9 Å². The third-order valence-electron chi connectivity index (χ3n) is 5.67. The minimum Gasteiger partial charge on any atom is -0.744 e. The van der Waals surface area contributed by atoms with Crippen LogP contribution in [0.5, 0.6) is 0 Å². The summed E-state index contributed by atoms with van der Waals surface area (Å²) in [7, 11) is -10.0. The molecule has 0 unspecified atom stereocenters. The van der Waals surface area contributed by atoms with Gasteiger partial charge in [-0.05, 0) is 36.2 Å². The fraction of sp³-hybridized carbons (Fsp3) is 0.0909. The van der Waals surface area contributed by atoms with Crippen LogP contribution < -0.4 is 46.3 Å². The predicted molar refractivity (Wildman–Crippen MR) is 124 cm³/mol. The molecule has 182 valence electrons. The average Bonchev–Trinajstić information content (AvgIpc) is 2.77. The van der Waals surface area contributed by atoms with E-state index >= 15 is 0 Å². The first-order chi connectivity index (χ1) is 16.3. The number of anilines is 3. The van der Waals surface area contributed by atoms with Crippen LogP contribution in [-0.2, 0) is 26.8 Å². The van der Waals surface area contributed by atoms with Gasteiger partial charge in [-0.3, -0.25) is 14.1 Å². The molecule has 0 bridgehead atoms. The summed E-state index contributed by atoms with van der Waals surface area (Å²) in [6.45, 7) is 1.55. The van der Waals surface area contributed by atoms with E-state index in [-0.39, 0.29) is 64.2 Å². The number of fused-ring (bicyclic) bond motifs is 2. The molecule has 1 aliphatic carbocycles. The first kappa shape index (κ1) is 28.0. The topological polar surface area (TPSA) is 210 Å². The summed E-state index contributed by atoms with van der Waals surface area (Å²) in [5, 5.41) is 2.60. The summed E-state index contributed by atoms with van der Waals surface area (Å²) in [5.41, 5.74) is 10.3. The summed E-state index contributed by atoms with van der Waals surface area (Å²) in [4.78, 5) is 25.0. The maximum absolute atomic E-state index is 13.4. The zero-order valence-corrected chi connectivity index (χ0v) is 22.7. The van der Waals surface area contributed by atoms with E-state index in [0.717, 1.165) is 12.1 Å². The Labute approximate surface area is 228 Å². The van der Waals surface area contributed by atoms with Gasteiger partial charge in [0.25, 0.3) is 10.1 Å². The molecule has 0 spiro atoms. The van der Waals surface area contributed by atoms with E-state index in [9.17, 15) is 35.5 Å². The van der Waals surface area contributed by atoms with Crippen LogP contribution in [0, 0.1) is 6.92 Å². The molecular weight excluding hydrogens is 521 g/mol. The van der Waals surface area contributed by atoms with Gasteiger partial charge in [-0.15, -0.1) is 0 Å². The van der Waals surface area contributed by atoms with Crippen molar-refractivity contribution in [2.24, 2.45) is 5.73 Å². The summed E-state index contributed by atoms with van der Waals surface area (Å²) in [6, 6.07) is 8.94. The zero-order valence-electron chi connectivity index (χ0n) is 19.0. The van der Waals surface area contributed by atoms with Gasteiger partial charge in [-0.25, -0.2) is 8.42 Å². The molecule has 0 atom stereocenters. The van der Waals surface area contributed by atoms with Crippen molar-refractivity contribution < 1.29 is 65.1 Å². The molecule has 11 nitrogen and oxygen atoms in total. The summed E-state index contributed by atoms with van der Waals surface area (Å²) in [6.07, 6.45) is 0. The second kappa shape index (κ2) is 9.68. The van der Waals surface area contributed by atoms with Crippen molar-refractivity contribution in [2.75, 3.05) is 11.1 Å². The molecule has 4 rings (SSSR count). The standard InChI is InChI=1S/C22H19N3O8S2.Na/c1-10-6-16(34(28,29)30)14(7-11(10)9-23)25-15-8-17(35(31,32)33)20(24)19-18(15)21(26)12-4-2-3-5-13(12)22(19)27;/h2-8,25H,9,23-24H2,1H3,(H,28,29,30)(H,31,32,33);/q;+1/p-1. The van der Waals surface area contributed by atoms with Crippen molar-refractivity contribution in [2.45, 2.75) is 23.3 Å². The quantitative estimate of drug-likeness (QED) is 0.133. The van der Waals surface area contributed by atoms with Crippen LogP contribution in [0.3, 0.4) is 0 Å². The number of carbonyl (C=O) groups excluding carboxylic acids is 2. The molecule has 0 aromatic heterocycles. The second-order valence-corrected chi connectivity index (χ2v) is 10.6. The van der Waals surface area contributed by atoms with Crippen LogP contribution in [-0.4, -0.2) is 37.5 Å². The Morgan fingerprint density at radius 3 is 1.97 bits per heavy atom. The molecular formula is C22H18N3NaO8S2. The molecule has 3 aromatic rings. The van der Waals surface area contributed by atoms with Crippen molar-refractivity contribution in [1.29, 1.82) is 0 Å². The Morgan fingerprint density at radius 2 is 1.47 bits per heavy atom. The number of hydrogen-bond donors (Lipinski definition) is 4. The maximum atomic E-state index is 13.4. The molecule has 3 aromatic carbocycles. The molecule has 14 heteroatoms. The maximum Gasteiger partial charge on any atom is 1.00 e. The summed E-state index contributed by atoms with van der Waals surface area (Å²) >= 11 is 0. The van der Waals surface area contributed by atoms with E-state index in [1.165, 1.54) is 30.3 Å². The van der Waals surface area contributed by atoms with Crippen molar-refractivity contribution in [1.82, 2.24) is 0 Å². The molecule has 0 radical (unpaired) electrons. The van der Waals surface area contributed by atoms with Gasteiger partial charge in [0.05, 0.1) is 33.1 Å². The van der Waals surface area contributed by atoms with Crippen LogP contribution in [0.4, 0.5) is 17.1 Å². The number of aryl methyl sites for hydroxylation is 1. The van der Waals surface area contributed by atoms with E-state index in [1.54, 1.807) is 6.92 Å². The molecule has 0 heterocycles. The van der Waals surface area contributed by atoms with Gasteiger partial charge < -0.3 is 21.3 Å². The van der Waals surface area contributed by atoms with Gasteiger partial charge in [-0.1, -0.05) is 24.3 Å². The van der Waals surface area contributed by atoms with E-state index in [2.05, 4.69) is 5.32 Å². The van der Waals surface area contributed by atoms with Crippen LogP contribution in [0.1, 0.15) is 43.0 Å². The van der Waals surface area contributed by atoms with Crippen molar-refractivity contribution in [3.05, 3.63) is 75.8 Å². The molecule has 36 heavy (non-hydrogen) atoms. The SMILES string of the molecule is Cc1cc(S(=O)(=O)O)c(Nc2cc(S(=O)(=O)[O-])c(N)c3c2C(=O)c2ccccc2C3=O)cc1CN.[Na+]. The Balaban J connectivity index is 0.00000361. The summed E-state index contributed by atoms with van der Waals surface area (Å²) < 4.78 is 69.6. The largest absolute Gasteiger partial charge is 1.00 e. The van der Waals surface area contributed by atoms with Crippen molar-refractivity contribution in [3.8, 4) is 0 Å². The van der Waals surface area contributed by atoms with E-state index < -0.39 is 52.8 Å². The zero-order chi connectivity index (χ0) is 25.9. The van der Waals surface area contributed by atoms with Gasteiger partial charge in [0.15, 0.2) is 11.6 Å². The average molecular weight is 540 g/mol. The molecule has 0 amide bonds. The minimum atomic E-state index is -5.22. The van der Waals surface area contributed by atoms with E-state index in [0.29, 0.717) is 11.1 Å².